The van der Waals surface area contributed by atoms with Gasteiger partial charge in [-0.2, -0.15) is 9.97 Å². The molecule has 0 bridgehead atoms. The quantitative estimate of drug-likeness (QED) is 0.657. The Morgan fingerprint density at radius 2 is 1.71 bits per heavy atom. The van der Waals surface area contributed by atoms with Gasteiger partial charge in [0.1, 0.15) is 5.75 Å². The highest BCUT2D eigenvalue weighted by atomic mass is 16.5. The van der Waals surface area contributed by atoms with Gasteiger partial charge in [-0.15, -0.1) is 0 Å². The molecule has 0 aliphatic carbocycles. The first-order valence-corrected chi connectivity index (χ1v) is 7.50. The molecule has 5 nitrogen and oxygen atoms in total. The van der Waals surface area contributed by atoms with Gasteiger partial charge in [-0.25, -0.2) is 0 Å². The number of ether oxygens (including phenoxy) is 2. The Labute approximate surface area is 140 Å². The largest absolute Gasteiger partial charge is 0.481 e. The lowest BCUT2D eigenvalue weighted by Crippen LogP contribution is -1.98. The van der Waals surface area contributed by atoms with Crippen molar-refractivity contribution >= 4 is 11.9 Å². The number of rotatable bonds is 5. The molecule has 5 heteroatoms. The lowest BCUT2D eigenvalue weighted by molar-refractivity contribution is 0.375. The highest BCUT2D eigenvalue weighted by Gasteiger charge is 2.07. The summed E-state index contributed by atoms with van der Waals surface area (Å²) in [6, 6.07) is 19.3. The van der Waals surface area contributed by atoms with E-state index in [0.717, 1.165) is 16.9 Å². The van der Waals surface area contributed by atoms with Crippen LogP contribution in [0.1, 0.15) is 11.3 Å². The summed E-state index contributed by atoms with van der Waals surface area (Å²) in [4.78, 5) is 12.9. The maximum atomic E-state index is 5.83. The molecule has 0 spiro atoms. The molecule has 2 aromatic carbocycles. The standard InChI is InChI=1S/C19H17N3O2/c1-14-12-18(23-2)22-19(21-14)24-17-11-7-6-8-15(17)13-20-16-9-4-3-5-10-16/h3-13H,1-2H3/b20-13+. The van der Waals surface area contributed by atoms with E-state index in [1.54, 1.807) is 19.4 Å². The van der Waals surface area contributed by atoms with E-state index < -0.39 is 0 Å². The molecule has 0 aliphatic heterocycles. The number of aliphatic imine (C=N–C) groups is 1. The van der Waals surface area contributed by atoms with Crippen molar-refractivity contribution in [2.75, 3.05) is 7.11 Å². The molecule has 1 heterocycles. The normalized spacial score (nSPS) is 10.8. The molecule has 3 rings (SSSR count). The summed E-state index contributed by atoms with van der Waals surface area (Å²) in [7, 11) is 1.56. The summed E-state index contributed by atoms with van der Waals surface area (Å²) in [6.45, 7) is 1.86. The number of hydrogen-bond donors (Lipinski definition) is 0. The van der Waals surface area contributed by atoms with Crippen LogP contribution < -0.4 is 9.47 Å². The third-order valence-electron chi connectivity index (χ3n) is 3.25. The third-order valence-corrected chi connectivity index (χ3v) is 3.25. The average molecular weight is 319 g/mol. The van der Waals surface area contributed by atoms with Gasteiger partial charge in [0.25, 0.3) is 0 Å². The third kappa shape index (κ3) is 3.95. The predicted molar refractivity (Wildman–Crippen MR) is 93.5 cm³/mol. The van der Waals surface area contributed by atoms with E-state index in [-0.39, 0.29) is 6.01 Å². The van der Waals surface area contributed by atoms with Crippen molar-refractivity contribution in [3.8, 4) is 17.6 Å². The SMILES string of the molecule is COc1cc(C)nc(Oc2ccccc2/C=N/c2ccccc2)n1. The molecule has 0 N–H and O–H groups in total. The number of methoxy groups -OCH3 is 1. The van der Waals surface area contributed by atoms with Gasteiger partial charge in [-0.05, 0) is 31.2 Å². The van der Waals surface area contributed by atoms with Crippen LogP contribution >= 0.6 is 0 Å². The van der Waals surface area contributed by atoms with E-state index >= 15 is 0 Å². The van der Waals surface area contributed by atoms with Crippen LogP contribution in [0.3, 0.4) is 0 Å². The zero-order valence-electron chi connectivity index (χ0n) is 13.5. The number of hydrogen-bond acceptors (Lipinski definition) is 5. The molecule has 0 atom stereocenters. The second kappa shape index (κ2) is 7.37. The van der Waals surface area contributed by atoms with E-state index in [2.05, 4.69) is 15.0 Å². The molecule has 24 heavy (non-hydrogen) atoms. The van der Waals surface area contributed by atoms with Crippen molar-refractivity contribution in [2.24, 2.45) is 4.99 Å². The molecule has 1 aromatic heterocycles. The zero-order valence-corrected chi connectivity index (χ0v) is 13.5. The molecule has 0 fully saturated rings. The van der Waals surface area contributed by atoms with E-state index in [0.29, 0.717) is 11.6 Å². The van der Waals surface area contributed by atoms with Crippen molar-refractivity contribution in [2.45, 2.75) is 6.92 Å². The number of nitrogens with zero attached hydrogens (tertiary/aromatic N) is 3. The van der Waals surface area contributed by atoms with Crippen LogP contribution in [0, 0.1) is 6.92 Å². The minimum absolute atomic E-state index is 0.243. The van der Waals surface area contributed by atoms with Crippen LogP contribution in [0.15, 0.2) is 65.7 Å². The minimum Gasteiger partial charge on any atom is -0.481 e. The van der Waals surface area contributed by atoms with Crippen LogP contribution in [-0.4, -0.2) is 23.3 Å². The van der Waals surface area contributed by atoms with E-state index in [1.807, 2.05) is 61.5 Å². The van der Waals surface area contributed by atoms with Crippen LogP contribution in [0.25, 0.3) is 0 Å². The molecule has 120 valence electrons. The second-order valence-corrected chi connectivity index (χ2v) is 5.07. The maximum absolute atomic E-state index is 5.83. The molecular formula is C19H17N3O2. The first kappa shape index (κ1) is 15.7. The fourth-order valence-corrected chi connectivity index (χ4v) is 2.10. The number of benzene rings is 2. The second-order valence-electron chi connectivity index (χ2n) is 5.07. The van der Waals surface area contributed by atoms with Gasteiger partial charge in [0.2, 0.25) is 5.88 Å². The van der Waals surface area contributed by atoms with Crippen molar-refractivity contribution < 1.29 is 9.47 Å². The van der Waals surface area contributed by atoms with Crippen LogP contribution in [-0.2, 0) is 0 Å². The summed E-state index contributed by atoms with van der Waals surface area (Å²) in [5, 5.41) is 0. The number of para-hydroxylation sites is 2. The lowest BCUT2D eigenvalue weighted by Gasteiger charge is -2.08. The molecule has 0 radical (unpaired) electrons. The summed E-state index contributed by atoms with van der Waals surface area (Å²) in [6.07, 6.45) is 1.76. The monoisotopic (exact) mass is 319 g/mol. The smallest absolute Gasteiger partial charge is 0.325 e. The van der Waals surface area contributed by atoms with Crippen LogP contribution in [0.5, 0.6) is 17.6 Å². The van der Waals surface area contributed by atoms with E-state index in [1.165, 1.54) is 0 Å². The fourth-order valence-electron chi connectivity index (χ4n) is 2.10. The maximum Gasteiger partial charge on any atom is 0.325 e. The Bertz CT molecular complexity index is 848. The predicted octanol–water partition coefficient (Wildman–Crippen LogP) is 4.34. The zero-order chi connectivity index (χ0) is 16.8. The Hall–Kier alpha value is -3.21. The Balaban J connectivity index is 1.87. The van der Waals surface area contributed by atoms with Gasteiger partial charge >= 0.3 is 6.01 Å². The van der Waals surface area contributed by atoms with Crippen molar-refractivity contribution in [3.05, 3.63) is 71.9 Å². The summed E-state index contributed by atoms with van der Waals surface area (Å²) < 4.78 is 11.0. The first-order valence-electron chi connectivity index (χ1n) is 7.50. The highest BCUT2D eigenvalue weighted by Crippen LogP contribution is 2.24. The lowest BCUT2D eigenvalue weighted by atomic mass is 10.2. The van der Waals surface area contributed by atoms with Crippen LogP contribution in [0.4, 0.5) is 5.69 Å². The van der Waals surface area contributed by atoms with E-state index in [4.69, 9.17) is 9.47 Å². The van der Waals surface area contributed by atoms with Crippen molar-refractivity contribution in [1.29, 1.82) is 0 Å². The molecule has 0 aliphatic rings. The molecule has 0 saturated carbocycles. The van der Waals surface area contributed by atoms with Crippen molar-refractivity contribution in [1.82, 2.24) is 9.97 Å². The topological polar surface area (TPSA) is 56.6 Å². The van der Waals surface area contributed by atoms with Gasteiger partial charge in [0, 0.05) is 23.5 Å². The Morgan fingerprint density at radius 1 is 0.958 bits per heavy atom. The molecule has 0 saturated heterocycles. The summed E-state index contributed by atoms with van der Waals surface area (Å²) >= 11 is 0. The highest BCUT2D eigenvalue weighted by molar-refractivity contribution is 5.85. The fraction of sp³-hybridized carbons (Fsp3) is 0.105. The van der Waals surface area contributed by atoms with Gasteiger partial charge in [0.05, 0.1) is 12.8 Å². The van der Waals surface area contributed by atoms with Gasteiger partial charge in [-0.3, -0.25) is 4.99 Å². The van der Waals surface area contributed by atoms with Gasteiger partial charge < -0.3 is 9.47 Å². The van der Waals surface area contributed by atoms with Gasteiger partial charge in [-0.1, -0.05) is 30.3 Å². The van der Waals surface area contributed by atoms with Crippen LogP contribution in [0.2, 0.25) is 0 Å². The number of aryl methyl sites for hydroxylation is 1. The minimum atomic E-state index is 0.243. The first-order chi connectivity index (χ1) is 11.7. The molecular weight excluding hydrogens is 302 g/mol. The number of aromatic nitrogens is 2. The Kier molecular flexibility index (Phi) is 4.81. The van der Waals surface area contributed by atoms with Crippen molar-refractivity contribution in [3.63, 3.8) is 0 Å². The summed E-state index contributed by atoms with van der Waals surface area (Å²) in [5.74, 6) is 1.10. The van der Waals surface area contributed by atoms with E-state index in [9.17, 15) is 0 Å². The summed E-state index contributed by atoms with van der Waals surface area (Å²) in [5.41, 5.74) is 2.48. The van der Waals surface area contributed by atoms with Gasteiger partial charge in [0.15, 0.2) is 0 Å². The molecule has 0 amide bonds. The molecule has 3 aromatic rings. The Morgan fingerprint density at radius 3 is 2.50 bits per heavy atom. The average Bonchev–Trinajstić information content (AvgIpc) is 2.61. The molecule has 0 unspecified atom stereocenters.